The number of aryl methyl sites for hydroxylation is 1. The van der Waals surface area contributed by atoms with Crippen LogP contribution >= 0.6 is 0 Å². The summed E-state index contributed by atoms with van der Waals surface area (Å²) in [5, 5.41) is 0. The monoisotopic (exact) mass is 179 g/mol. The van der Waals surface area contributed by atoms with E-state index in [0.717, 1.165) is 17.7 Å². The highest BCUT2D eigenvalue weighted by Gasteiger charge is 2.02. The topological polar surface area (TPSA) is 35.2 Å². The Morgan fingerprint density at radius 1 is 1.46 bits per heavy atom. The number of hydrogen-bond acceptors (Lipinski definition) is 2. The molecule has 0 aliphatic carbocycles. The highest BCUT2D eigenvalue weighted by Crippen LogP contribution is 2.19. The van der Waals surface area contributed by atoms with Crippen molar-refractivity contribution in [2.75, 3.05) is 7.11 Å². The first-order valence-corrected chi connectivity index (χ1v) is 4.52. The van der Waals surface area contributed by atoms with Crippen molar-refractivity contribution in [1.29, 1.82) is 0 Å². The Labute approximate surface area is 79.7 Å². The van der Waals surface area contributed by atoms with E-state index in [0.29, 0.717) is 0 Å². The van der Waals surface area contributed by atoms with Gasteiger partial charge in [-0.25, -0.2) is 0 Å². The van der Waals surface area contributed by atoms with Crippen molar-refractivity contribution < 1.29 is 4.74 Å². The van der Waals surface area contributed by atoms with Crippen LogP contribution in [0.1, 0.15) is 18.1 Å². The van der Waals surface area contributed by atoms with E-state index >= 15 is 0 Å². The van der Waals surface area contributed by atoms with Crippen LogP contribution in [0.5, 0.6) is 5.75 Å². The van der Waals surface area contributed by atoms with Crippen molar-refractivity contribution in [3.8, 4) is 5.75 Å². The van der Waals surface area contributed by atoms with E-state index in [1.165, 1.54) is 5.56 Å². The zero-order chi connectivity index (χ0) is 9.84. The van der Waals surface area contributed by atoms with Crippen molar-refractivity contribution in [3.05, 3.63) is 29.3 Å². The van der Waals surface area contributed by atoms with Crippen LogP contribution in [0.2, 0.25) is 0 Å². The third kappa shape index (κ3) is 2.74. The fourth-order valence-electron chi connectivity index (χ4n) is 1.36. The van der Waals surface area contributed by atoms with E-state index in [1.807, 2.05) is 13.8 Å². The molecule has 0 unspecified atom stereocenters. The van der Waals surface area contributed by atoms with Gasteiger partial charge in [0.05, 0.1) is 7.11 Å². The number of benzene rings is 1. The number of rotatable bonds is 3. The first kappa shape index (κ1) is 10.1. The maximum Gasteiger partial charge on any atom is 0.122 e. The molecule has 0 spiro atoms. The van der Waals surface area contributed by atoms with Crippen molar-refractivity contribution in [2.45, 2.75) is 26.3 Å². The third-order valence-corrected chi connectivity index (χ3v) is 2.03. The van der Waals surface area contributed by atoms with E-state index in [2.05, 4.69) is 18.2 Å². The highest BCUT2D eigenvalue weighted by atomic mass is 16.5. The van der Waals surface area contributed by atoms with Gasteiger partial charge in [0, 0.05) is 6.04 Å². The van der Waals surface area contributed by atoms with Crippen LogP contribution < -0.4 is 10.5 Å². The van der Waals surface area contributed by atoms with Crippen molar-refractivity contribution in [1.82, 2.24) is 0 Å². The van der Waals surface area contributed by atoms with Crippen molar-refractivity contribution in [3.63, 3.8) is 0 Å². The Hall–Kier alpha value is -1.02. The summed E-state index contributed by atoms with van der Waals surface area (Å²) in [5.41, 5.74) is 8.11. The van der Waals surface area contributed by atoms with Crippen molar-refractivity contribution in [2.24, 2.45) is 5.73 Å². The van der Waals surface area contributed by atoms with Crippen LogP contribution in [0.4, 0.5) is 0 Å². The number of nitrogens with two attached hydrogens (primary N) is 1. The van der Waals surface area contributed by atoms with Gasteiger partial charge >= 0.3 is 0 Å². The minimum atomic E-state index is 0.201. The second-order valence-corrected chi connectivity index (χ2v) is 3.49. The molecule has 0 heterocycles. The van der Waals surface area contributed by atoms with Crippen LogP contribution in [-0.4, -0.2) is 13.2 Å². The Kier molecular flexibility index (Phi) is 3.32. The minimum absolute atomic E-state index is 0.201. The quantitative estimate of drug-likeness (QED) is 0.769. The summed E-state index contributed by atoms with van der Waals surface area (Å²) < 4.78 is 5.23. The molecule has 0 radical (unpaired) electrons. The molecule has 2 N–H and O–H groups in total. The number of methoxy groups -OCH3 is 1. The van der Waals surface area contributed by atoms with Gasteiger partial charge in [-0.3, -0.25) is 0 Å². The molecular weight excluding hydrogens is 162 g/mol. The minimum Gasteiger partial charge on any atom is -0.496 e. The van der Waals surface area contributed by atoms with Gasteiger partial charge in [0.2, 0.25) is 0 Å². The molecule has 1 aromatic rings. The molecule has 0 amide bonds. The number of ether oxygens (including phenoxy) is 1. The fraction of sp³-hybridized carbons (Fsp3) is 0.455. The van der Waals surface area contributed by atoms with Crippen molar-refractivity contribution >= 4 is 0 Å². The van der Waals surface area contributed by atoms with Gasteiger partial charge in [0.15, 0.2) is 0 Å². The summed E-state index contributed by atoms with van der Waals surface area (Å²) in [4.78, 5) is 0. The molecule has 1 rings (SSSR count). The molecule has 0 bridgehead atoms. The molecule has 72 valence electrons. The summed E-state index contributed by atoms with van der Waals surface area (Å²) in [6.07, 6.45) is 0.899. The SMILES string of the molecule is COc1cc(C[C@@H](C)N)ccc1C. The predicted octanol–water partition coefficient (Wildman–Crippen LogP) is 1.89. The van der Waals surface area contributed by atoms with Gasteiger partial charge < -0.3 is 10.5 Å². The molecule has 0 aromatic heterocycles. The first-order chi connectivity index (χ1) is 6.13. The molecule has 0 aliphatic rings. The molecule has 0 saturated heterocycles. The molecule has 0 fully saturated rings. The van der Waals surface area contributed by atoms with Gasteiger partial charge in [-0.05, 0) is 37.5 Å². The predicted molar refractivity (Wildman–Crippen MR) is 55.1 cm³/mol. The Morgan fingerprint density at radius 3 is 2.69 bits per heavy atom. The average Bonchev–Trinajstić information content (AvgIpc) is 2.07. The summed E-state index contributed by atoms with van der Waals surface area (Å²) >= 11 is 0. The van der Waals surface area contributed by atoms with E-state index in [1.54, 1.807) is 7.11 Å². The number of hydrogen-bond donors (Lipinski definition) is 1. The zero-order valence-electron chi connectivity index (χ0n) is 8.50. The molecule has 1 atom stereocenters. The Balaban J connectivity index is 2.86. The lowest BCUT2D eigenvalue weighted by Gasteiger charge is -2.09. The van der Waals surface area contributed by atoms with Crippen LogP contribution in [0.15, 0.2) is 18.2 Å². The normalized spacial score (nSPS) is 12.6. The summed E-state index contributed by atoms with van der Waals surface area (Å²) in [7, 11) is 1.69. The molecule has 2 nitrogen and oxygen atoms in total. The molecule has 1 aromatic carbocycles. The first-order valence-electron chi connectivity index (χ1n) is 4.52. The second kappa shape index (κ2) is 4.28. The summed E-state index contributed by atoms with van der Waals surface area (Å²) in [6, 6.07) is 6.42. The highest BCUT2D eigenvalue weighted by molar-refractivity contribution is 5.36. The van der Waals surface area contributed by atoms with Crippen LogP contribution in [-0.2, 0) is 6.42 Å². The van der Waals surface area contributed by atoms with E-state index < -0.39 is 0 Å². The third-order valence-electron chi connectivity index (χ3n) is 2.03. The largest absolute Gasteiger partial charge is 0.496 e. The van der Waals surface area contributed by atoms with E-state index in [-0.39, 0.29) is 6.04 Å². The van der Waals surface area contributed by atoms with Gasteiger partial charge in [-0.1, -0.05) is 12.1 Å². The Bertz CT molecular complexity index is 281. The van der Waals surface area contributed by atoms with Crippen LogP contribution in [0.25, 0.3) is 0 Å². The second-order valence-electron chi connectivity index (χ2n) is 3.49. The smallest absolute Gasteiger partial charge is 0.122 e. The summed E-state index contributed by atoms with van der Waals surface area (Å²) in [6.45, 7) is 4.04. The Morgan fingerprint density at radius 2 is 2.15 bits per heavy atom. The van der Waals surface area contributed by atoms with Crippen LogP contribution in [0.3, 0.4) is 0 Å². The molecule has 2 heteroatoms. The zero-order valence-corrected chi connectivity index (χ0v) is 8.50. The standard InChI is InChI=1S/C11H17NO/c1-8-4-5-10(6-9(2)12)7-11(8)13-3/h4-5,7,9H,6,12H2,1-3H3/t9-/m1/s1. The van der Waals surface area contributed by atoms with E-state index in [9.17, 15) is 0 Å². The average molecular weight is 179 g/mol. The molecule has 0 saturated carbocycles. The van der Waals surface area contributed by atoms with Gasteiger partial charge in [-0.15, -0.1) is 0 Å². The van der Waals surface area contributed by atoms with Gasteiger partial charge in [-0.2, -0.15) is 0 Å². The lowest BCUT2D eigenvalue weighted by Crippen LogP contribution is -2.17. The van der Waals surface area contributed by atoms with Crippen LogP contribution in [0, 0.1) is 6.92 Å². The molecule has 0 aliphatic heterocycles. The van der Waals surface area contributed by atoms with Gasteiger partial charge in [0.25, 0.3) is 0 Å². The fourth-order valence-corrected chi connectivity index (χ4v) is 1.36. The lowest BCUT2D eigenvalue weighted by molar-refractivity contribution is 0.411. The maximum atomic E-state index is 5.71. The summed E-state index contributed by atoms with van der Waals surface area (Å²) in [5.74, 6) is 0.943. The van der Waals surface area contributed by atoms with E-state index in [4.69, 9.17) is 10.5 Å². The van der Waals surface area contributed by atoms with Gasteiger partial charge in [0.1, 0.15) is 5.75 Å². The maximum absolute atomic E-state index is 5.71. The lowest BCUT2D eigenvalue weighted by atomic mass is 10.1. The molecular formula is C11H17NO. The molecule has 13 heavy (non-hydrogen) atoms.